The average molecular weight is 460 g/mol. The molecule has 0 radical (unpaired) electrons. The Morgan fingerprint density at radius 2 is 1.84 bits per heavy atom. The minimum absolute atomic E-state index is 0.0119. The molecule has 0 saturated carbocycles. The van der Waals surface area contributed by atoms with E-state index in [2.05, 4.69) is 0 Å². The molecule has 1 heterocycles. The van der Waals surface area contributed by atoms with Gasteiger partial charge in [0.2, 0.25) is 0 Å². The summed E-state index contributed by atoms with van der Waals surface area (Å²) in [5.74, 6) is -0.588. The van der Waals surface area contributed by atoms with Gasteiger partial charge in [0.1, 0.15) is 17.3 Å². The number of halogens is 1. The number of hydrogen-bond donors (Lipinski definition) is 1. The second-order valence-electron chi connectivity index (χ2n) is 7.19. The van der Waals surface area contributed by atoms with Crippen molar-refractivity contribution in [2.75, 3.05) is 34.0 Å². The molecule has 0 unspecified atom stereocenters. The number of carbonyl (C=O) groups is 2. The van der Waals surface area contributed by atoms with Crippen molar-refractivity contribution in [3.05, 3.63) is 64.2 Å². The molecule has 0 bridgehead atoms. The van der Waals surface area contributed by atoms with E-state index >= 15 is 0 Å². The number of Topliss-reactive ketones (excluding diaryl/α,β-unsaturated/α-hetero) is 1. The summed E-state index contributed by atoms with van der Waals surface area (Å²) in [5, 5.41) is 11.4. The lowest BCUT2D eigenvalue weighted by Crippen LogP contribution is -2.31. The minimum Gasteiger partial charge on any atom is -0.507 e. The molecule has 2 aromatic rings. The van der Waals surface area contributed by atoms with Crippen LogP contribution in [0.2, 0.25) is 5.02 Å². The summed E-state index contributed by atoms with van der Waals surface area (Å²) in [6.45, 7) is 3.02. The number of likely N-dealkylation sites (tertiary alicyclic amines) is 1. The Bertz CT molecular complexity index is 1020. The Morgan fingerprint density at radius 1 is 1.12 bits per heavy atom. The molecule has 1 aliphatic rings. The number of hydrogen-bond acceptors (Lipinski definition) is 6. The maximum absolute atomic E-state index is 13.0. The average Bonchev–Trinajstić information content (AvgIpc) is 3.05. The number of rotatable bonds is 9. The van der Waals surface area contributed by atoms with E-state index in [1.165, 1.54) is 11.0 Å². The third-order valence-corrected chi connectivity index (χ3v) is 5.52. The van der Waals surface area contributed by atoms with Gasteiger partial charge in [0.25, 0.3) is 11.7 Å². The summed E-state index contributed by atoms with van der Waals surface area (Å²) in [6, 6.07) is 11.0. The Kier molecular flexibility index (Phi) is 7.77. The van der Waals surface area contributed by atoms with E-state index in [0.717, 1.165) is 0 Å². The standard InChI is InChI=1S/C24H26ClNO6/c1-4-32-19-11-8-16(14-18(19)25)22(27)20-21(15-6-9-17(31-3)10-7-15)26(12-5-13-30-2)24(29)23(20)28/h6-11,14,21,27H,4-5,12-13H2,1-3H3/t21-/m0/s1. The van der Waals surface area contributed by atoms with Crippen LogP contribution < -0.4 is 9.47 Å². The van der Waals surface area contributed by atoms with Crippen LogP contribution in [0.3, 0.4) is 0 Å². The van der Waals surface area contributed by atoms with Crippen LogP contribution in [0.15, 0.2) is 48.0 Å². The highest BCUT2D eigenvalue weighted by Gasteiger charge is 2.45. The van der Waals surface area contributed by atoms with E-state index in [1.807, 2.05) is 6.92 Å². The lowest BCUT2D eigenvalue weighted by molar-refractivity contribution is -0.140. The van der Waals surface area contributed by atoms with E-state index < -0.39 is 17.7 Å². The third-order valence-electron chi connectivity index (χ3n) is 5.22. The number of carbonyl (C=O) groups excluding carboxylic acids is 2. The van der Waals surface area contributed by atoms with Gasteiger partial charge >= 0.3 is 0 Å². The number of aliphatic hydroxyl groups is 1. The summed E-state index contributed by atoms with van der Waals surface area (Å²) in [7, 11) is 3.13. The highest BCUT2D eigenvalue weighted by molar-refractivity contribution is 6.46. The summed E-state index contributed by atoms with van der Waals surface area (Å²) in [6.07, 6.45) is 0.547. The molecule has 2 aromatic carbocycles. The lowest BCUT2D eigenvalue weighted by atomic mass is 9.95. The molecule has 0 aromatic heterocycles. The molecule has 7 nitrogen and oxygen atoms in total. The largest absolute Gasteiger partial charge is 0.507 e. The monoisotopic (exact) mass is 459 g/mol. The van der Waals surface area contributed by atoms with Gasteiger partial charge in [-0.15, -0.1) is 0 Å². The first-order chi connectivity index (χ1) is 15.4. The fraction of sp³-hybridized carbons (Fsp3) is 0.333. The summed E-state index contributed by atoms with van der Waals surface area (Å²) < 4.78 is 15.7. The van der Waals surface area contributed by atoms with Gasteiger partial charge in [0, 0.05) is 25.8 Å². The Hall–Kier alpha value is -3.03. The van der Waals surface area contributed by atoms with Gasteiger partial charge in [-0.05, 0) is 49.2 Å². The van der Waals surface area contributed by atoms with Crippen LogP contribution in [0.5, 0.6) is 11.5 Å². The molecule has 0 aliphatic carbocycles. The second-order valence-corrected chi connectivity index (χ2v) is 7.60. The Balaban J connectivity index is 2.10. The SMILES string of the molecule is CCOc1ccc(C(O)=C2C(=O)C(=O)N(CCCOC)[C@H]2c2ccc(OC)cc2)cc1Cl. The van der Waals surface area contributed by atoms with Gasteiger partial charge in [-0.3, -0.25) is 9.59 Å². The molecule has 1 atom stereocenters. The van der Waals surface area contributed by atoms with Crippen molar-refractivity contribution in [1.29, 1.82) is 0 Å². The van der Waals surface area contributed by atoms with Crippen LogP contribution in [0.1, 0.15) is 30.5 Å². The number of ketones is 1. The normalized spacial score (nSPS) is 17.6. The second kappa shape index (κ2) is 10.5. The molecule has 1 saturated heterocycles. The summed E-state index contributed by atoms with van der Waals surface area (Å²) >= 11 is 6.28. The molecular weight excluding hydrogens is 434 g/mol. The van der Waals surface area contributed by atoms with Crippen molar-refractivity contribution >= 4 is 29.1 Å². The van der Waals surface area contributed by atoms with Crippen LogP contribution in [-0.4, -0.2) is 55.7 Å². The van der Waals surface area contributed by atoms with Crippen molar-refractivity contribution < 1.29 is 28.9 Å². The maximum atomic E-state index is 13.0. The molecule has 3 rings (SSSR count). The van der Waals surface area contributed by atoms with Gasteiger partial charge < -0.3 is 24.2 Å². The molecule has 0 spiro atoms. The van der Waals surface area contributed by atoms with Crippen LogP contribution in [0.4, 0.5) is 0 Å². The molecular formula is C24H26ClNO6. The first-order valence-corrected chi connectivity index (χ1v) is 10.6. The van der Waals surface area contributed by atoms with E-state index in [1.54, 1.807) is 50.6 Å². The Labute approximate surface area is 192 Å². The number of amides is 1. The molecule has 8 heteroatoms. The molecule has 1 aliphatic heterocycles. The van der Waals surface area contributed by atoms with E-state index in [4.69, 9.17) is 25.8 Å². The van der Waals surface area contributed by atoms with Gasteiger partial charge in [-0.2, -0.15) is 0 Å². The number of aliphatic hydroxyl groups excluding tert-OH is 1. The third kappa shape index (κ3) is 4.74. The topological polar surface area (TPSA) is 85.3 Å². The number of methoxy groups -OCH3 is 2. The fourth-order valence-electron chi connectivity index (χ4n) is 3.70. The van der Waals surface area contributed by atoms with Gasteiger partial charge in [-0.1, -0.05) is 23.7 Å². The number of ether oxygens (including phenoxy) is 3. The molecule has 170 valence electrons. The maximum Gasteiger partial charge on any atom is 0.295 e. The molecule has 32 heavy (non-hydrogen) atoms. The quantitative estimate of drug-likeness (QED) is 0.262. The predicted octanol–water partition coefficient (Wildman–Crippen LogP) is 4.21. The number of benzene rings is 2. The van der Waals surface area contributed by atoms with Crippen molar-refractivity contribution in [2.24, 2.45) is 0 Å². The van der Waals surface area contributed by atoms with Gasteiger partial charge in [0.15, 0.2) is 0 Å². The zero-order valence-corrected chi connectivity index (χ0v) is 19.0. The van der Waals surface area contributed by atoms with Crippen LogP contribution >= 0.6 is 11.6 Å². The summed E-state index contributed by atoms with van der Waals surface area (Å²) in [5.41, 5.74) is 1.02. The Morgan fingerprint density at radius 3 is 2.44 bits per heavy atom. The first kappa shape index (κ1) is 23.6. The summed E-state index contributed by atoms with van der Waals surface area (Å²) in [4.78, 5) is 27.3. The van der Waals surface area contributed by atoms with Crippen molar-refractivity contribution in [3.63, 3.8) is 0 Å². The zero-order valence-electron chi connectivity index (χ0n) is 18.3. The van der Waals surface area contributed by atoms with Crippen molar-refractivity contribution in [2.45, 2.75) is 19.4 Å². The minimum atomic E-state index is -0.747. The lowest BCUT2D eigenvalue weighted by Gasteiger charge is -2.25. The van der Waals surface area contributed by atoms with E-state index in [-0.39, 0.29) is 11.3 Å². The smallest absolute Gasteiger partial charge is 0.295 e. The fourth-order valence-corrected chi connectivity index (χ4v) is 3.93. The molecule has 1 fully saturated rings. The zero-order chi connectivity index (χ0) is 23.3. The van der Waals surface area contributed by atoms with Crippen LogP contribution in [0.25, 0.3) is 5.76 Å². The van der Waals surface area contributed by atoms with Crippen molar-refractivity contribution in [1.82, 2.24) is 4.90 Å². The van der Waals surface area contributed by atoms with Crippen LogP contribution in [0, 0.1) is 0 Å². The molecule has 1 N–H and O–H groups in total. The first-order valence-electron chi connectivity index (χ1n) is 10.3. The number of nitrogens with zero attached hydrogens (tertiary/aromatic N) is 1. The van der Waals surface area contributed by atoms with Gasteiger partial charge in [-0.25, -0.2) is 0 Å². The van der Waals surface area contributed by atoms with E-state index in [0.29, 0.717) is 53.8 Å². The van der Waals surface area contributed by atoms with Crippen molar-refractivity contribution in [3.8, 4) is 11.5 Å². The highest BCUT2D eigenvalue weighted by atomic mass is 35.5. The van der Waals surface area contributed by atoms with Crippen LogP contribution in [-0.2, 0) is 14.3 Å². The van der Waals surface area contributed by atoms with E-state index in [9.17, 15) is 14.7 Å². The highest BCUT2D eigenvalue weighted by Crippen LogP contribution is 2.40. The predicted molar refractivity (Wildman–Crippen MR) is 121 cm³/mol. The molecule has 1 amide bonds. The van der Waals surface area contributed by atoms with Gasteiger partial charge in [0.05, 0.1) is 30.4 Å².